The monoisotopic (exact) mass is 795 g/mol. The molecule has 0 aliphatic carbocycles. The second kappa shape index (κ2) is 25.5. The van der Waals surface area contributed by atoms with Gasteiger partial charge in [-0.3, -0.25) is 9.13 Å². The Hall–Kier alpha value is -1.91. The predicted molar refractivity (Wildman–Crippen MR) is 215 cm³/mol. The van der Waals surface area contributed by atoms with E-state index in [1.54, 1.807) is 24.3 Å². The summed E-state index contributed by atoms with van der Waals surface area (Å²) in [7, 11) is 0. The normalized spacial score (nSPS) is 28.4. The molecule has 6 N–H and O–H groups in total. The van der Waals surface area contributed by atoms with Gasteiger partial charge in [0, 0.05) is 13.2 Å². The summed E-state index contributed by atoms with van der Waals surface area (Å²) < 4.78 is 25.9. The molecular formula is C43H74N2O11. The van der Waals surface area contributed by atoms with Gasteiger partial charge in [0.25, 0.3) is 0 Å². The van der Waals surface area contributed by atoms with Crippen molar-refractivity contribution in [3.8, 4) is 0 Å². The highest BCUT2D eigenvalue weighted by Gasteiger charge is 2.46. The van der Waals surface area contributed by atoms with Crippen molar-refractivity contribution in [3.05, 3.63) is 34.7 Å². The predicted octanol–water partition coefficient (Wildman–Crippen LogP) is 5.29. The Balaban J connectivity index is 1.31. The lowest BCUT2D eigenvalue weighted by Crippen LogP contribution is -2.60. The number of fused-ring (bicyclic) bond motifs is 1. The summed E-state index contributed by atoms with van der Waals surface area (Å²) >= 11 is 0. The number of hydrogen-bond donors (Lipinski definition) is 6. The van der Waals surface area contributed by atoms with E-state index in [9.17, 15) is 35.4 Å². The van der Waals surface area contributed by atoms with Gasteiger partial charge in [-0.15, -0.1) is 0 Å². The third-order valence-electron chi connectivity index (χ3n) is 11.6. The molecule has 13 nitrogen and oxygen atoms in total. The number of aliphatic hydroxyl groups excluding tert-OH is 6. The lowest BCUT2D eigenvalue weighted by Gasteiger charge is -2.40. The minimum Gasteiger partial charge on any atom is -0.388 e. The molecule has 0 bridgehead atoms. The topological polar surface area (TPSA) is 185 Å². The zero-order chi connectivity index (χ0) is 40.3. The van der Waals surface area contributed by atoms with E-state index >= 15 is 0 Å². The highest BCUT2D eigenvalue weighted by molar-refractivity contribution is 5.76. The SMILES string of the molecule is CCCCCCCCCCCCO[C@@H]1[C@@H](O)[C@@H](O)O[C@H](Cn2c(=O)n(C[C@H]3O[C@H](O)[C@H](O)[C@@H](OCCCCCCCCCCCC)[C@@H]3O)c3ccccc32)[C@H]1O. The molecular weight excluding hydrogens is 720 g/mol. The Morgan fingerprint density at radius 3 is 1.16 bits per heavy atom. The van der Waals surface area contributed by atoms with E-state index in [4.69, 9.17) is 18.9 Å². The minimum atomic E-state index is -1.62. The summed E-state index contributed by atoms with van der Waals surface area (Å²) in [5.74, 6) is 0. The first-order valence-corrected chi connectivity index (χ1v) is 22.0. The molecule has 0 saturated carbocycles. The van der Waals surface area contributed by atoms with Crippen molar-refractivity contribution in [1.82, 2.24) is 9.13 Å². The van der Waals surface area contributed by atoms with Crippen LogP contribution < -0.4 is 5.69 Å². The van der Waals surface area contributed by atoms with E-state index in [1.165, 1.54) is 99.0 Å². The van der Waals surface area contributed by atoms with Crippen molar-refractivity contribution in [2.45, 2.75) is 217 Å². The van der Waals surface area contributed by atoms with Crippen LogP contribution in [0.25, 0.3) is 11.0 Å². The van der Waals surface area contributed by atoms with Crippen LogP contribution >= 0.6 is 0 Å². The van der Waals surface area contributed by atoms with Crippen LogP contribution in [-0.4, -0.2) is 114 Å². The van der Waals surface area contributed by atoms with Crippen molar-refractivity contribution in [3.63, 3.8) is 0 Å². The first-order chi connectivity index (χ1) is 27.2. The molecule has 0 spiro atoms. The average molecular weight is 795 g/mol. The van der Waals surface area contributed by atoms with E-state index in [1.807, 2.05) is 0 Å². The number of aromatic nitrogens is 2. The van der Waals surface area contributed by atoms with Crippen LogP contribution in [-0.2, 0) is 32.0 Å². The van der Waals surface area contributed by atoms with Crippen LogP contribution in [0.4, 0.5) is 0 Å². The molecule has 13 heteroatoms. The van der Waals surface area contributed by atoms with Crippen molar-refractivity contribution in [1.29, 1.82) is 0 Å². The zero-order valence-electron chi connectivity index (χ0n) is 34.2. The molecule has 0 amide bonds. The fourth-order valence-electron chi connectivity index (χ4n) is 8.13. The molecule has 2 saturated heterocycles. The van der Waals surface area contributed by atoms with Gasteiger partial charge < -0.3 is 49.6 Å². The molecule has 56 heavy (non-hydrogen) atoms. The maximum absolute atomic E-state index is 14.0. The van der Waals surface area contributed by atoms with E-state index in [0.29, 0.717) is 24.2 Å². The van der Waals surface area contributed by atoms with Gasteiger partial charge in [0.15, 0.2) is 12.6 Å². The molecule has 3 heterocycles. The summed E-state index contributed by atoms with van der Waals surface area (Å²) in [6, 6.07) is 7.01. The summed E-state index contributed by atoms with van der Waals surface area (Å²) in [6.45, 7) is 4.74. The van der Waals surface area contributed by atoms with Gasteiger partial charge in [0.2, 0.25) is 0 Å². The smallest absolute Gasteiger partial charge is 0.329 e. The molecule has 4 rings (SSSR count). The Morgan fingerprint density at radius 1 is 0.500 bits per heavy atom. The zero-order valence-corrected chi connectivity index (χ0v) is 34.2. The van der Waals surface area contributed by atoms with Gasteiger partial charge in [-0.2, -0.15) is 0 Å². The number of benzene rings is 1. The maximum Gasteiger partial charge on any atom is 0.329 e. The van der Waals surface area contributed by atoms with E-state index in [-0.39, 0.29) is 13.1 Å². The molecule has 2 fully saturated rings. The summed E-state index contributed by atoms with van der Waals surface area (Å²) in [4.78, 5) is 14.0. The lowest BCUT2D eigenvalue weighted by atomic mass is 9.98. The molecule has 0 radical (unpaired) electrons. The maximum atomic E-state index is 14.0. The Kier molecular flexibility index (Phi) is 21.3. The molecule has 2 aromatic rings. The first-order valence-electron chi connectivity index (χ1n) is 22.0. The molecule has 1 aromatic heterocycles. The van der Waals surface area contributed by atoms with Crippen molar-refractivity contribution in [2.75, 3.05) is 13.2 Å². The van der Waals surface area contributed by atoms with Crippen LogP contribution in [0.3, 0.4) is 0 Å². The van der Waals surface area contributed by atoms with Crippen molar-refractivity contribution < 1.29 is 49.6 Å². The summed E-state index contributed by atoms with van der Waals surface area (Å²) in [5, 5.41) is 65.2. The molecule has 2 aliphatic heterocycles. The van der Waals surface area contributed by atoms with Crippen molar-refractivity contribution in [2.24, 2.45) is 0 Å². The van der Waals surface area contributed by atoms with Gasteiger partial charge >= 0.3 is 5.69 Å². The number of hydrogen-bond acceptors (Lipinski definition) is 11. The fraction of sp³-hybridized carbons (Fsp3) is 0.837. The third kappa shape index (κ3) is 13.8. The van der Waals surface area contributed by atoms with Crippen molar-refractivity contribution >= 4 is 11.0 Å². The van der Waals surface area contributed by atoms with Crippen LogP contribution in [0.5, 0.6) is 0 Å². The second-order valence-electron chi connectivity index (χ2n) is 16.1. The highest BCUT2D eigenvalue weighted by atomic mass is 16.7. The van der Waals surface area contributed by atoms with Crippen LogP contribution in [0.1, 0.15) is 142 Å². The number of nitrogens with zero attached hydrogens (tertiary/aromatic N) is 2. The van der Waals surface area contributed by atoms with E-state index in [2.05, 4.69) is 13.8 Å². The quantitative estimate of drug-likeness (QED) is 0.0615. The number of unbranched alkanes of at least 4 members (excludes halogenated alkanes) is 18. The standard InChI is InChI=1S/C43H74N2O11/c1-3-5-7-9-11-13-15-17-19-23-27-53-39-35(46)33(55-41(50)37(39)48)29-44-31-25-21-22-26-32(31)45(43(44)52)30-34-36(47)40(38(49)42(51)56-34)54-28-24-20-18-16-14-12-10-8-6-4-2/h21-22,25-26,33-42,46-51H,3-20,23-24,27-30H2,1-2H3/t33-,34-,35-,36-,37-,38-,39+,40+,41+,42+/m1/s1. The number of para-hydroxylation sites is 2. The van der Waals surface area contributed by atoms with Gasteiger partial charge in [-0.05, 0) is 25.0 Å². The number of imidazole rings is 1. The van der Waals surface area contributed by atoms with Crippen LogP contribution in [0.15, 0.2) is 29.1 Å². The second-order valence-corrected chi connectivity index (χ2v) is 16.1. The van der Waals surface area contributed by atoms with Gasteiger partial charge in [0.1, 0.15) is 48.8 Å². The average Bonchev–Trinajstić information content (AvgIpc) is 3.45. The number of ether oxygens (including phenoxy) is 4. The minimum absolute atomic E-state index is 0.157. The molecule has 1 aromatic carbocycles. The third-order valence-corrected chi connectivity index (χ3v) is 11.6. The van der Waals surface area contributed by atoms with Crippen LogP contribution in [0.2, 0.25) is 0 Å². The van der Waals surface area contributed by atoms with E-state index in [0.717, 1.165) is 38.5 Å². The lowest BCUT2D eigenvalue weighted by molar-refractivity contribution is -0.292. The number of rotatable bonds is 28. The molecule has 2 aliphatic rings. The van der Waals surface area contributed by atoms with Gasteiger partial charge in [0.05, 0.1) is 24.1 Å². The van der Waals surface area contributed by atoms with Gasteiger partial charge in [-0.1, -0.05) is 142 Å². The van der Waals surface area contributed by atoms with E-state index < -0.39 is 67.1 Å². The Bertz CT molecular complexity index is 1300. The number of aliphatic hydroxyl groups is 6. The summed E-state index contributed by atoms with van der Waals surface area (Å²) in [6.07, 6.45) is 9.95. The highest BCUT2D eigenvalue weighted by Crippen LogP contribution is 2.28. The largest absolute Gasteiger partial charge is 0.388 e. The molecule has 0 unspecified atom stereocenters. The first kappa shape index (κ1) is 46.8. The molecule has 322 valence electrons. The Morgan fingerprint density at radius 2 is 0.821 bits per heavy atom. The summed E-state index contributed by atoms with van der Waals surface area (Å²) in [5.41, 5.74) is 0.525. The fourth-order valence-corrected chi connectivity index (χ4v) is 8.13. The van der Waals surface area contributed by atoms with Gasteiger partial charge in [-0.25, -0.2) is 4.79 Å². The molecule has 10 atom stereocenters. The Labute approximate surface area is 333 Å². The van der Waals surface area contributed by atoms with Crippen LogP contribution in [0, 0.1) is 0 Å².